The van der Waals surface area contributed by atoms with E-state index in [0.717, 1.165) is 6.54 Å². The van der Waals surface area contributed by atoms with Gasteiger partial charge in [-0.1, -0.05) is 6.08 Å². The number of hydrogen-bond acceptors (Lipinski definition) is 3. The Balaban J connectivity index is 2.20. The molecule has 1 atom stereocenters. The molecule has 0 heterocycles. The monoisotopic (exact) mass is 228 g/mol. The van der Waals surface area contributed by atoms with E-state index in [9.17, 15) is 4.79 Å². The molecular formula is C11H20N2OS. The summed E-state index contributed by atoms with van der Waals surface area (Å²) in [5.74, 6) is 0.0480. The Morgan fingerprint density at radius 1 is 1.67 bits per heavy atom. The van der Waals surface area contributed by atoms with Crippen LogP contribution in [0.3, 0.4) is 0 Å². The Hall–Kier alpha value is -0.480. The molecule has 0 bridgehead atoms. The number of carbonyl (C=O) groups excluding carboxylic acids is 1. The van der Waals surface area contributed by atoms with Crippen molar-refractivity contribution in [3.8, 4) is 0 Å². The zero-order valence-electron chi connectivity index (χ0n) is 9.51. The molecule has 0 aromatic heterocycles. The van der Waals surface area contributed by atoms with Crippen molar-refractivity contribution in [3.05, 3.63) is 12.7 Å². The number of hydrogen-bond donors (Lipinski definition) is 2. The van der Waals surface area contributed by atoms with Crippen LogP contribution in [0.5, 0.6) is 0 Å². The van der Waals surface area contributed by atoms with Crippen LogP contribution in [-0.4, -0.2) is 36.0 Å². The van der Waals surface area contributed by atoms with Crippen molar-refractivity contribution in [2.24, 2.45) is 0 Å². The second-order valence-electron chi connectivity index (χ2n) is 4.02. The minimum absolute atomic E-state index is 0.0480. The molecule has 0 aliphatic heterocycles. The van der Waals surface area contributed by atoms with Gasteiger partial charge in [0, 0.05) is 17.8 Å². The summed E-state index contributed by atoms with van der Waals surface area (Å²) in [6.45, 7) is 6.93. The number of carbonyl (C=O) groups is 1. The van der Waals surface area contributed by atoms with Crippen LogP contribution in [0.15, 0.2) is 12.7 Å². The maximum atomic E-state index is 11.5. The highest BCUT2D eigenvalue weighted by atomic mass is 32.2. The fourth-order valence-corrected chi connectivity index (χ4v) is 2.09. The highest BCUT2D eigenvalue weighted by Crippen LogP contribution is 2.46. The fraction of sp³-hybridized carbons (Fsp3) is 0.727. The van der Waals surface area contributed by atoms with Gasteiger partial charge in [-0.2, -0.15) is 11.8 Å². The van der Waals surface area contributed by atoms with E-state index in [1.807, 2.05) is 18.7 Å². The summed E-state index contributed by atoms with van der Waals surface area (Å²) in [6.07, 6.45) is 6.36. The predicted molar refractivity (Wildman–Crippen MR) is 66.2 cm³/mol. The van der Waals surface area contributed by atoms with Crippen LogP contribution in [0, 0.1) is 0 Å². The van der Waals surface area contributed by atoms with E-state index < -0.39 is 0 Å². The van der Waals surface area contributed by atoms with Gasteiger partial charge in [0.2, 0.25) is 5.91 Å². The van der Waals surface area contributed by atoms with Gasteiger partial charge in [0.05, 0.1) is 6.04 Å². The lowest BCUT2D eigenvalue weighted by atomic mass is 10.3. The molecular weight excluding hydrogens is 208 g/mol. The van der Waals surface area contributed by atoms with E-state index in [1.54, 1.807) is 6.08 Å². The summed E-state index contributed by atoms with van der Waals surface area (Å²) in [5.41, 5.74) is 0. The zero-order chi connectivity index (χ0) is 11.3. The van der Waals surface area contributed by atoms with Gasteiger partial charge in [-0.25, -0.2) is 0 Å². The summed E-state index contributed by atoms with van der Waals surface area (Å²) >= 11 is 1.90. The third kappa shape index (κ3) is 3.87. The van der Waals surface area contributed by atoms with Crippen molar-refractivity contribution >= 4 is 17.7 Å². The highest BCUT2D eigenvalue weighted by molar-refractivity contribution is 8.00. The largest absolute Gasteiger partial charge is 0.351 e. The van der Waals surface area contributed by atoms with Crippen molar-refractivity contribution in [2.75, 3.05) is 19.3 Å². The summed E-state index contributed by atoms with van der Waals surface area (Å²) in [4.78, 5) is 11.5. The molecule has 1 aliphatic rings. The third-order valence-electron chi connectivity index (χ3n) is 2.79. The van der Waals surface area contributed by atoms with E-state index in [1.165, 1.54) is 12.8 Å². The van der Waals surface area contributed by atoms with Crippen LogP contribution in [0.25, 0.3) is 0 Å². The summed E-state index contributed by atoms with van der Waals surface area (Å²) in [6, 6.07) is -0.116. The molecule has 2 N–H and O–H groups in total. The number of thioether (sulfide) groups is 1. The smallest absolute Gasteiger partial charge is 0.237 e. The van der Waals surface area contributed by atoms with Crippen LogP contribution in [0.4, 0.5) is 0 Å². The highest BCUT2D eigenvalue weighted by Gasteiger charge is 2.41. The molecule has 4 heteroatoms. The molecule has 1 unspecified atom stereocenters. The summed E-state index contributed by atoms with van der Waals surface area (Å²) < 4.78 is 0.410. The first-order valence-electron chi connectivity index (χ1n) is 5.31. The Kier molecular flexibility index (Phi) is 4.67. The number of rotatable bonds is 7. The lowest BCUT2D eigenvalue weighted by Crippen LogP contribution is -2.44. The maximum Gasteiger partial charge on any atom is 0.237 e. The van der Waals surface area contributed by atoms with Gasteiger partial charge in [-0.3, -0.25) is 4.79 Å². The Morgan fingerprint density at radius 2 is 2.33 bits per heavy atom. The lowest BCUT2D eigenvalue weighted by Gasteiger charge is -2.17. The number of nitrogens with one attached hydrogen (secondary N) is 2. The molecule has 0 radical (unpaired) electrons. The first-order valence-corrected chi connectivity index (χ1v) is 6.53. The first-order chi connectivity index (χ1) is 7.13. The third-order valence-corrected chi connectivity index (χ3v) is 4.20. The lowest BCUT2D eigenvalue weighted by molar-refractivity contribution is -0.122. The van der Waals surface area contributed by atoms with Crippen molar-refractivity contribution in [3.63, 3.8) is 0 Å². The second kappa shape index (κ2) is 5.56. The van der Waals surface area contributed by atoms with E-state index in [4.69, 9.17) is 0 Å². The van der Waals surface area contributed by atoms with Gasteiger partial charge in [0.1, 0.15) is 0 Å². The Labute approximate surface area is 96.1 Å². The average molecular weight is 228 g/mol. The molecule has 1 aliphatic carbocycles. The van der Waals surface area contributed by atoms with Gasteiger partial charge in [-0.15, -0.1) is 6.58 Å². The molecule has 1 rings (SSSR count). The van der Waals surface area contributed by atoms with Crippen molar-refractivity contribution in [1.29, 1.82) is 0 Å². The molecule has 15 heavy (non-hydrogen) atoms. The van der Waals surface area contributed by atoms with Gasteiger partial charge in [0.15, 0.2) is 0 Å². The summed E-state index contributed by atoms with van der Waals surface area (Å²) in [5, 5.41) is 6.06. The molecule has 0 aromatic carbocycles. The quantitative estimate of drug-likeness (QED) is 0.643. The SMILES string of the molecule is C=CCNC(=O)C(C)NCC1(SC)CC1. The van der Waals surface area contributed by atoms with Crippen LogP contribution in [-0.2, 0) is 4.79 Å². The molecule has 3 nitrogen and oxygen atoms in total. The molecule has 0 saturated heterocycles. The molecule has 1 saturated carbocycles. The fourth-order valence-electron chi connectivity index (χ4n) is 1.35. The van der Waals surface area contributed by atoms with Gasteiger partial charge in [0.25, 0.3) is 0 Å². The zero-order valence-corrected chi connectivity index (χ0v) is 10.3. The summed E-state index contributed by atoms with van der Waals surface area (Å²) in [7, 11) is 0. The van der Waals surface area contributed by atoms with Crippen molar-refractivity contribution < 1.29 is 4.79 Å². The average Bonchev–Trinajstić information content (AvgIpc) is 3.03. The Bertz CT molecular complexity index is 239. The predicted octanol–water partition coefficient (Wildman–Crippen LogP) is 1.16. The molecule has 1 fully saturated rings. The van der Waals surface area contributed by atoms with Crippen LogP contribution in [0.2, 0.25) is 0 Å². The van der Waals surface area contributed by atoms with Crippen molar-refractivity contribution in [2.45, 2.75) is 30.6 Å². The first kappa shape index (κ1) is 12.6. The van der Waals surface area contributed by atoms with E-state index in [2.05, 4.69) is 23.5 Å². The standard InChI is InChI=1S/C11H20N2OS/c1-4-7-12-10(14)9(2)13-8-11(15-3)5-6-11/h4,9,13H,1,5-8H2,2-3H3,(H,12,14). The van der Waals surface area contributed by atoms with Gasteiger partial charge in [-0.05, 0) is 26.0 Å². The molecule has 0 spiro atoms. The minimum atomic E-state index is -0.116. The van der Waals surface area contributed by atoms with Gasteiger partial charge >= 0.3 is 0 Å². The number of amides is 1. The maximum absolute atomic E-state index is 11.5. The molecule has 86 valence electrons. The molecule has 0 aromatic rings. The van der Waals surface area contributed by atoms with Crippen LogP contribution >= 0.6 is 11.8 Å². The van der Waals surface area contributed by atoms with Gasteiger partial charge < -0.3 is 10.6 Å². The van der Waals surface area contributed by atoms with E-state index in [-0.39, 0.29) is 11.9 Å². The van der Waals surface area contributed by atoms with Crippen LogP contribution in [0.1, 0.15) is 19.8 Å². The Morgan fingerprint density at radius 3 is 2.80 bits per heavy atom. The minimum Gasteiger partial charge on any atom is -0.351 e. The second-order valence-corrected chi connectivity index (χ2v) is 5.30. The van der Waals surface area contributed by atoms with Crippen LogP contribution < -0.4 is 10.6 Å². The normalized spacial score (nSPS) is 19.3. The van der Waals surface area contributed by atoms with E-state index in [0.29, 0.717) is 11.3 Å². The molecule has 1 amide bonds. The van der Waals surface area contributed by atoms with Crippen molar-refractivity contribution in [1.82, 2.24) is 10.6 Å². The topological polar surface area (TPSA) is 41.1 Å². The van der Waals surface area contributed by atoms with E-state index >= 15 is 0 Å².